The summed E-state index contributed by atoms with van der Waals surface area (Å²) >= 11 is 0. The highest BCUT2D eigenvalue weighted by atomic mass is 16.1. The van der Waals surface area contributed by atoms with E-state index in [1.165, 1.54) is 0 Å². The molecule has 0 aliphatic rings. The van der Waals surface area contributed by atoms with Crippen LogP contribution in [0.2, 0.25) is 0 Å². The normalized spacial score (nSPS) is 9.64. The second-order valence-corrected chi connectivity index (χ2v) is 2.84. The van der Waals surface area contributed by atoms with Gasteiger partial charge in [-0.2, -0.15) is 5.26 Å². The fourth-order valence-corrected chi connectivity index (χ4v) is 1.37. The number of benzene rings is 1. The molecule has 0 aliphatic heterocycles. The minimum atomic E-state index is 0.269. The van der Waals surface area contributed by atoms with Gasteiger partial charge in [0, 0.05) is 5.39 Å². The number of hydrogen-bond acceptors (Lipinski definition) is 3. The van der Waals surface area contributed by atoms with Crippen LogP contribution in [0.15, 0.2) is 30.3 Å². The van der Waals surface area contributed by atoms with Gasteiger partial charge in [-0.15, -0.1) is 0 Å². The molecule has 1 aromatic carbocycles. The standard InChI is InChI=1S/C11H6N2O/c12-6-9-5-8-3-1-2-4-10(8)11(7-14)13-9/h1-5,7H. The molecule has 0 spiro atoms. The molecule has 14 heavy (non-hydrogen) atoms. The first-order valence-electron chi connectivity index (χ1n) is 4.10. The monoisotopic (exact) mass is 182 g/mol. The predicted molar refractivity (Wildman–Crippen MR) is 51.8 cm³/mol. The SMILES string of the molecule is N#Cc1cc2ccccc2c(C=O)n1. The number of rotatable bonds is 1. The van der Waals surface area contributed by atoms with Crippen LogP contribution in [0.4, 0.5) is 0 Å². The Labute approximate surface area is 80.6 Å². The van der Waals surface area contributed by atoms with Crippen molar-refractivity contribution < 1.29 is 4.79 Å². The zero-order valence-electron chi connectivity index (χ0n) is 7.27. The van der Waals surface area contributed by atoms with Crippen molar-refractivity contribution >= 4 is 17.1 Å². The Balaban J connectivity index is 2.88. The molecular weight excluding hydrogens is 176 g/mol. The maximum Gasteiger partial charge on any atom is 0.169 e. The summed E-state index contributed by atoms with van der Waals surface area (Å²) in [6.07, 6.45) is 0.670. The maximum atomic E-state index is 10.7. The van der Waals surface area contributed by atoms with Gasteiger partial charge in [-0.1, -0.05) is 24.3 Å². The highest BCUT2D eigenvalue weighted by molar-refractivity contribution is 5.96. The molecule has 0 saturated carbocycles. The number of aromatic nitrogens is 1. The fourth-order valence-electron chi connectivity index (χ4n) is 1.37. The third kappa shape index (κ3) is 1.23. The first-order chi connectivity index (χ1) is 6.85. The first-order valence-corrected chi connectivity index (χ1v) is 4.10. The van der Waals surface area contributed by atoms with Crippen LogP contribution >= 0.6 is 0 Å². The van der Waals surface area contributed by atoms with Gasteiger partial charge in [0.05, 0.1) is 0 Å². The maximum absolute atomic E-state index is 10.7. The molecule has 1 aromatic heterocycles. The smallest absolute Gasteiger partial charge is 0.169 e. The van der Waals surface area contributed by atoms with Crippen molar-refractivity contribution in [3.8, 4) is 6.07 Å². The number of aldehydes is 1. The lowest BCUT2D eigenvalue weighted by Gasteiger charge is -1.99. The summed E-state index contributed by atoms with van der Waals surface area (Å²) in [6.45, 7) is 0. The van der Waals surface area contributed by atoms with E-state index in [0.717, 1.165) is 10.8 Å². The van der Waals surface area contributed by atoms with E-state index in [4.69, 9.17) is 5.26 Å². The molecule has 2 aromatic rings. The van der Waals surface area contributed by atoms with Crippen molar-refractivity contribution in [1.29, 1.82) is 5.26 Å². The Morgan fingerprint density at radius 2 is 2.14 bits per heavy atom. The highest BCUT2D eigenvalue weighted by Crippen LogP contribution is 2.16. The average molecular weight is 182 g/mol. The lowest BCUT2D eigenvalue weighted by atomic mass is 10.1. The zero-order chi connectivity index (χ0) is 9.97. The van der Waals surface area contributed by atoms with Crippen LogP contribution in [0, 0.1) is 11.3 Å². The molecule has 0 unspecified atom stereocenters. The van der Waals surface area contributed by atoms with Gasteiger partial charge in [0.1, 0.15) is 17.5 Å². The second kappa shape index (κ2) is 3.27. The van der Waals surface area contributed by atoms with Crippen molar-refractivity contribution in [3.63, 3.8) is 0 Å². The van der Waals surface area contributed by atoms with Gasteiger partial charge in [-0.3, -0.25) is 4.79 Å². The van der Waals surface area contributed by atoms with Gasteiger partial charge in [0.25, 0.3) is 0 Å². The molecule has 0 fully saturated rings. The lowest BCUT2D eigenvalue weighted by molar-refractivity contribution is 0.112. The summed E-state index contributed by atoms with van der Waals surface area (Å²) in [5, 5.41) is 10.3. The van der Waals surface area contributed by atoms with Gasteiger partial charge in [-0.25, -0.2) is 4.98 Å². The van der Waals surface area contributed by atoms with Gasteiger partial charge in [0.15, 0.2) is 6.29 Å². The summed E-state index contributed by atoms with van der Waals surface area (Å²) in [4.78, 5) is 14.6. The molecule has 0 saturated heterocycles. The van der Waals surface area contributed by atoms with Gasteiger partial charge < -0.3 is 0 Å². The predicted octanol–water partition coefficient (Wildman–Crippen LogP) is 1.92. The van der Waals surface area contributed by atoms with Crippen molar-refractivity contribution in [1.82, 2.24) is 4.98 Å². The Kier molecular flexibility index (Phi) is 1.96. The zero-order valence-corrected chi connectivity index (χ0v) is 7.27. The molecule has 0 N–H and O–H groups in total. The van der Waals surface area contributed by atoms with Gasteiger partial charge >= 0.3 is 0 Å². The van der Waals surface area contributed by atoms with Crippen LogP contribution in [-0.4, -0.2) is 11.3 Å². The van der Waals surface area contributed by atoms with E-state index < -0.39 is 0 Å². The third-order valence-electron chi connectivity index (χ3n) is 2.00. The summed E-state index contributed by atoms with van der Waals surface area (Å²) in [5.74, 6) is 0. The molecule has 3 heteroatoms. The molecule has 66 valence electrons. The van der Waals surface area contributed by atoms with E-state index in [9.17, 15) is 4.79 Å². The number of nitriles is 1. The van der Waals surface area contributed by atoms with Crippen LogP contribution in [0.3, 0.4) is 0 Å². The third-order valence-corrected chi connectivity index (χ3v) is 2.00. The van der Waals surface area contributed by atoms with Crippen LogP contribution in [0.1, 0.15) is 16.2 Å². The second-order valence-electron chi connectivity index (χ2n) is 2.84. The quantitative estimate of drug-likeness (QED) is 0.633. The topological polar surface area (TPSA) is 53.8 Å². The molecule has 2 rings (SSSR count). The molecule has 0 radical (unpaired) electrons. The van der Waals surface area contributed by atoms with E-state index in [-0.39, 0.29) is 5.69 Å². The Bertz CT molecular complexity index is 540. The summed E-state index contributed by atoms with van der Waals surface area (Å²) in [6, 6.07) is 11.0. The largest absolute Gasteiger partial charge is 0.296 e. The number of hydrogen-bond donors (Lipinski definition) is 0. The summed E-state index contributed by atoms with van der Waals surface area (Å²) in [7, 11) is 0. The summed E-state index contributed by atoms with van der Waals surface area (Å²) < 4.78 is 0. The molecule has 1 heterocycles. The van der Waals surface area contributed by atoms with Crippen LogP contribution < -0.4 is 0 Å². The molecule has 0 atom stereocenters. The first kappa shape index (κ1) is 8.39. The highest BCUT2D eigenvalue weighted by Gasteiger charge is 2.03. The van der Waals surface area contributed by atoms with Crippen molar-refractivity contribution in [2.45, 2.75) is 0 Å². The number of pyridine rings is 1. The van der Waals surface area contributed by atoms with Crippen LogP contribution in [-0.2, 0) is 0 Å². The van der Waals surface area contributed by atoms with E-state index in [1.54, 1.807) is 6.07 Å². The van der Waals surface area contributed by atoms with E-state index in [1.807, 2.05) is 30.3 Å². The molecule has 0 bridgehead atoms. The average Bonchev–Trinajstić information content (AvgIpc) is 2.27. The lowest BCUT2D eigenvalue weighted by Crippen LogP contribution is -1.92. The minimum absolute atomic E-state index is 0.269. The minimum Gasteiger partial charge on any atom is -0.296 e. The Morgan fingerprint density at radius 3 is 2.86 bits per heavy atom. The fraction of sp³-hybridized carbons (Fsp3) is 0. The molecular formula is C11H6N2O. The Hall–Kier alpha value is -2.21. The van der Waals surface area contributed by atoms with Crippen LogP contribution in [0.5, 0.6) is 0 Å². The number of fused-ring (bicyclic) bond motifs is 1. The van der Waals surface area contributed by atoms with E-state index in [0.29, 0.717) is 12.0 Å². The number of nitrogens with zero attached hydrogens (tertiary/aromatic N) is 2. The van der Waals surface area contributed by atoms with Gasteiger partial charge in [0.2, 0.25) is 0 Å². The summed E-state index contributed by atoms with van der Waals surface area (Å²) in [5.41, 5.74) is 0.588. The van der Waals surface area contributed by atoms with E-state index in [2.05, 4.69) is 4.98 Å². The number of carbonyl (C=O) groups is 1. The molecule has 3 nitrogen and oxygen atoms in total. The Morgan fingerprint density at radius 1 is 1.36 bits per heavy atom. The van der Waals surface area contributed by atoms with Crippen molar-refractivity contribution in [2.75, 3.05) is 0 Å². The van der Waals surface area contributed by atoms with Crippen LogP contribution in [0.25, 0.3) is 10.8 Å². The van der Waals surface area contributed by atoms with E-state index >= 15 is 0 Å². The van der Waals surface area contributed by atoms with Crippen molar-refractivity contribution in [2.24, 2.45) is 0 Å². The number of carbonyl (C=O) groups excluding carboxylic acids is 1. The van der Waals surface area contributed by atoms with Crippen molar-refractivity contribution in [3.05, 3.63) is 41.7 Å². The molecule has 0 aliphatic carbocycles. The van der Waals surface area contributed by atoms with Gasteiger partial charge in [-0.05, 0) is 11.5 Å². The molecule has 0 amide bonds.